The molecule has 4 rings (SSSR count). The van der Waals surface area contributed by atoms with Gasteiger partial charge in [-0.15, -0.1) is 11.3 Å². The largest absolute Gasteiger partial charge is 0.398 e. The lowest BCUT2D eigenvalue weighted by atomic mass is 10.0. The van der Waals surface area contributed by atoms with E-state index in [-0.39, 0.29) is 0 Å². The average Bonchev–Trinajstić information content (AvgIpc) is 2.85. The molecule has 0 amide bonds. The van der Waals surface area contributed by atoms with Crippen LogP contribution in [0.15, 0.2) is 66.7 Å². The molecular formula is C18H13NS. The smallest absolute Gasteiger partial charge is 0.0400 e. The number of nitrogen functional groups attached to an aromatic ring is 1. The summed E-state index contributed by atoms with van der Waals surface area (Å²) in [7, 11) is 0. The molecule has 2 N–H and O–H groups in total. The summed E-state index contributed by atoms with van der Waals surface area (Å²) < 4.78 is 2.60. The van der Waals surface area contributed by atoms with E-state index in [9.17, 15) is 0 Å². The minimum Gasteiger partial charge on any atom is -0.398 e. The lowest BCUT2D eigenvalue weighted by Gasteiger charge is -2.06. The summed E-state index contributed by atoms with van der Waals surface area (Å²) in [6.45, 7) is 0. The van der Waals surface area contributed by atoms with E-state index in [2.05, 4.69) is 48.5 Å². The van der Waals surface area contributed by atoms with E-state index >= 15 is 0 Å². The standard InChI is InChI=1S/C18H13NS/c19-16-10-15-13-8-4-5-9-17(13)20-18(15)11-14(16)12-6-2-1-3-7-12/h1-11H,19H2. The van der Waals surface area contributed by atoms with Crippen LogP contribution in [0.3, 0.4) is 0 Å². The van der Waals surface area contributed by atoms with Crippen molar-refractivity contribution in [2.45, 2.75) is 0 Å². The molecule has 0 bridgehead atoms. The second-order valence-corrected chi connectivity index (χ2v) is 5.98. The summed E-state index contributed by atoms with van der Waals surface area (Å²) in [6, 6.07) is 23.1. The first kappa shape index (κ1) is 11.5. The highest BCUT2D eigenvalue weighted by Crippen LogP contribution is 2.38. The Hall–Kier alpha value is -2.32. The fourth-order valence-corrected chi connectivity index (χ4v) is 3.78. The number of thiophene rings is 1. The molecule has 20 heavy (non-hydrogen) atoms. The van der Waals surface area contributed by atoms with Gasteiger partial charge in [0.25, 0.3) is 0 Å². The summed E-state index contributed by atoms with van der Waals surface area (Å²) in [5.74, 6) is 0. The van der Waals surface area contributed by atoms with Gasteiger partial charge in [0.05, 0.1) is 0 Å². The molecule has 0 saturated heterocycles. The zero-order chi connectivity index (χ0) is 13.5. The third kappa shape index (κ3) is 1.69. The van der Waals surface area contributed by atoms with Gasteiger partial charge in [0.2, 0.25) is 0 Å². The molecule has 0 aliphatic rings. The van der Waals surface area contributed by atoms with Crippen LogP contribution in [0.25, 0.3) is 31.3 Å². The van der Waals surface area contributed by atoms with E-state index < -0.39 is 0 Å². The van der Waals surface area contributed by atoms with E-state index in [1.165, 1.54) is 25.7 Å². The van der Waals surface area contributed by atoms with Crippen LogP contribution in [0.1, 0.15) is 0 Å². The Bertz CT molecular complexity index is 907. The number of fused-ring (bicyclic) bond motifs is 3. The van der Waals surface area contributed by atoms with E-state index in [4.69, 9.17) is 5.73 Å². The lowest BCUT2D eigenvalue weighted by molar-refractivity contribution is 1.65. The maximum absolute atomic E-state index is 6.27. The maximum atomic E-state index is 6.27. The highest BCUT2D eigenvalue weighted by atomic mass is 32.1. The van der Waals surface area contributed by atoms with Gasteiger partial charge in [0, 0.05) is 31.4 Å². The first-order chi connectivity index (χ1) is 9.83. The van der Waals surface area contributed by atoms with Gasteiger partial charge < -0.3 is 5.73 Å². The third-order valence-electron chi connectivity index (χ3n) is 3.63. The van der Waals surface area contributed by atoms with Crippen molar-refractivity contribution in [2.75, 3.05) is 5.73 Å². The van der Waals surface area contributed by atoms with Crippen LogP contribution in [-0.4, -0.2) is 0 Å². The summed E-state index contributed by atoms with van der Waals surface area (Å²) in [4.78, 5) is 0. The Labute approximate surface area is 121 Å². The molecule has 0 radical (unpaired) electrons. The number of hydrogen-bond acceptors (Lipinski definition) is 2. The Morgan fingerprint density at radius 3 is 2.30 bits per heavy atom. The van der Waals surface area contributed by atoms with Crippen molar-refractivity contribution >= 4 is 37.2 Å². The van der Waals surface area contributed by atoms with Gasteiger partial charge in [-0.3, -0.25) is 0 Å². The van der Waals surface area contributed by atoms with Crippen LogP contribution >= 0.6 is 11.3 Å². The van der Waals surface area contributed by atoms with E-state index in [1.807, 2.05) is 29.5 Å². The van der Waals surface area contributed by atoms with Gasteiger partial charge in [-0.05, 0) is 23.8 Å². The van der Waals surface area contributed by atoms with Crippen molar-refractivity contribution in [3.63, 3.8) is 0 Å². The molecule has 0 aliphatic heterocycles. The molecule has 2 heteroatoms. The van der Waals surface area contributed by atoms with Crippen LogP contribution < -0.4 is 5.73 Å². The molecule has 4 aromatic rings. The molecule has 1 heterocycles. The molecule has 0 atom stereocenters. The van der Waals surface area contributed by atoms with E-state index in [0.717, 1.165) is 11.3 Å². The molecule has 1 nitrogen and oxygen atoms in total. The molecule has 3 aromatic carbocycles. The minimum atomic E-state index is 0.840. The van der Waals surface area contributed by atoms with Crippen LogP contribution in [0.2, 0.25) is 0 Å². The zero-order valence-corrected chi connectivity index (χ0v) is 11.7. The fourth-order valence-electron chi connectivity index (χ4n) is 2.66. The van der Waals surface area contributed by atoms with Crippen molar-refractivity contribution in [2.24, 2.45) is 0 Å². The Morgan fingerprint density at radius 1 is 0.700 bits per heavy atom. The lowest BCUT2D eigenvalue weighted by Crippen LogP contribution is -1.89. The quantitative estimate of drug-likeness (QED) is 0.468. The van der Waals surface area contributed by atoms with E-state index in [1.54, 1.807) is 0 Å². The predicted octanol–water partition coefficient (Wildman–Crippen LogP) is 5.30. The molecule has 0 fully saturated rings. The second-order valence-electron chi connectivity index (χ2n) is 4.90. The monoisotopic (exact) mass is 275 g/mol. The Morgan fingerprint density at radius 2 is 1.45 bits per heavy atom. The van der Waals surface area contributed by atoms with Gasteiger partial charge in [0.1, 0.15) is 0 Å². The topological polar surface area (TPSA) is 26.0 Å². The number of hydrogen-bond donors (Lipinski definition) is 1. The molecule has 0 unspecified atom stereocenters. The third-order valence-corrected chi connectivity index (χ3v) is 4.77. The molecule has 0 aliphatic carbocycles. The first-order valence-electron chi connectivity index (χ1n) is 6.59. The number of nitrogens with two attached hydrogens (primary N) is 1. The highest BCUT2D eigenvalue weighted by Gasteiger charge is 2.09. The summed E-state index contributed by atoms with van der Waals surface area (Å²) >= 11 is 1.82. The maximum Gasteiger partial charge on any atom is 0.0400 e. The fraction of sp³-hybridized carbons (Fsp3) is 0. The van der Waals surface area contributed by atoms with Crippen molar-refractivity contribution in [3.05, 3.63) is 66.7 Å². The van der Waals surface area contributed by atoms with Gasteiger partial charge in [-0.25, -0.2) is 0 Å². The van der Waals surface area contributed by atoms with Crippen molar-refractivity contribution in [3.8, 4) is 11.1 Å². The van der Waals surface area contributed by atoms with Gasteiger partial charge in [-0.1, -0.05) is 48.5 Å². The minimum absolute atomic E-state index is 0.840. The van der Waals surface area contributed by atoms with Gasteiger partial charge in [-0.2, -0.15) is 0 Å². The average molecular weight is 275 g/mol. The van der Waals surface area contributed by atoms with Crippen molar-refractivity contribution < 1.29 is 0 Å². The van der Waals surface area contributed by atoms with Crippen LogP contribution in [0.4, 0.5) is 5.69 Å². The molecule has 96 valence electrons. The van der Waals surface area contributed by atoms with Crippen molar-refractivity contribution in [1.29, 1.82) is 0 Å². The van der Waals surface area contributed by atoms with Gasteiger partial charge in [0.15, 0.2) is 0 Å². The highest BCUT2D eigenvalue weighted by molar-refractivity contribution is 7.25. The first-order valence-corrected chi connectivity index (χ1v) is 7.41. The SMILES string of the molecule is Nc1cc2c(cc1-c1ccccc1)sc1ccccc12. The molecule has 1 aromatic heterocycles. The second kappa shape index (κ2) is 4.36. The van der Waals surface area contributed by atoms with Crippen LogP contribution in [0, 0.1) is 0 Å². The summed E-state index contributed by atoms with van der Waals surface area (Å²) in [5, 5.41) is 2.54. The zero-order valence-electron chi connectivity index (χ0n) is 10.8. The number of benzene rings is 3. The van der Waals surface area contributed by atoms with Crippen LogP contribution in [0.5, 0.6) is 0 Å². The van der Waals surface area contributed by atoms with E-state index in [0.29, 0.717) is 0 Å². The van der Waals surface area contributed by atoms with Crippen molar-refractivity contribution in [1.82, 2.24) is 0 Å². The molecule has 0 saturated carbocycles. The van der Waals surface area contributed by atoms with Gasteiger partial charge >= 0.3 is 0 Å². The Kier molecular flexibility index (Phi) is 2.51. The number of rotatable bonds is 1. The molecular weight excluding hydrogens is 262 g/mol. The number of anilines is 1. The summed E-state index contributed by atoms with van der Waals surface area (Å²) in [6.07, 6.45) is 0. The molecule has 0 spiro atoms. The summed E-state index contributed by atoms with van der Waals surface area (Å²) in [5.41, 5.74) is 9.40. The Balaban J connectivity index is 2.05. The normalized spacial score (nSPS) is 11.2. The predicted molar refractivity (Wildman–Crippen MR) is 89.2 cm³/mol. The van der Waals surface area contributed by atoms with Crippen LogP contribution in [-0.2, 0) is 0 Å².